The van der Waals surface area contributed by atoms with Crippen molar-refractivity contribution in [3.05, 3.63) is 45.9 Å². The highest BCUT2D eigenvalue weighted by Gasteiger charge is 2.05. The second-order valence-electron chi connectivity index (χ2n) is 3.87. The SMILES string of the molecule is CNC(=O)c1cc(NCc2ccc(C)s2)ccn1. The summed E-state index contributed by atoms with van der Waals surface area (Å²) in [5.41, 5.74) is 1.32. The molecule has 0 aliphatic rings. The predicted molar refractivity (Wildman–Crippen MR) is 74.0 cm³/mol. The summed E-state index contributed by atoms with van der Waals surface area (Å²) in [5.74, 6) is -0.175. The van der Waals surface area contributed by atoms with E-state index >= 15 is 0 Å². The van der Waals surface area contributed by atoms with Gasteiger partial charge < -0.3 is 10.6 Å². The highest BCUT2D eigenvalue weighted by molar-refractivity contribution is 7.11. The lowest BCUT2D eigenvalue weighted by atomic mass is 10.3. The number of aromatic nitrogens is 1. The normalized spacial score (nSPS) is 10.1. The third-order valence-corrected chi connectivity index (χ3v) is 3.48. The number of pyridine rings is 1. The highest BCUT2D eigenvalue weighted by atomic mass is 32.1. The minimum absolute atomic E-state index is 0.175. The zero-order valence-corrected chi connectivity index (χ0v) is 11.2. The van der Waals surface area contributed by atoms with E-state index in [1.807, 2.05) is 6.07 Å². The fraction of sp³-hybridized carbons (Fsp3) is 0.231. The summed E-state index contributed by atoms with van der Waals surface area (Å²) in [5, 5.41) is 5.84. The van der Waals surface area contributed by atoms with Crippen LogP contribution in [0.15, 0.2) is 30.5 Å². The molecule has 0 bridgehead atoms. The smallest absolute Gasteiger partial charge is 0.269 e. The molecule has 0 aromatic carbocycles. The minimum atomic E-state index is -0.175. The highest BCUT2D eigenvalue weighted by Crippen LogP contribution is 2.17. The van der Waals surface area contributed by atoms with Crippen molar-refractivity contribution in [3.8, 4) is 0 Å². The molecule has 0 radical (unpaired) electrons. The van der Waals surface area contributed by atoms with Gasteiger partial charge >= 0.3 is 0 Å². The molecule has 0 aliphatic heterocycles. The van der Waals surface area contributed by atoms with Crippen LogP contribution < -0.4 is 10.6 Å². The third kappa shape index (κ3) is 3.07. The van der Waals surface area contributed by atoms with Crippen molar-refractivity contribution in [2.45, 2.75) is 13.5 Å². The Hall–Kier alpha value is -1.88. The standard InChI is InChI=1S/C13H15N3OS/c1-9-3-4-11(18-9)8-16-10-5-6-15-12(7-10)13(17)14-2/h3-7H,8H2,1-2H3,(H,14,17)(H,15,16). The van der Waals surface area contributed by atoms with Crippen LogP contribution in [0, 0.1) is 6.92 Å². The summed E-state index contributed by atoms with van der Waals surface area (Å²) >= 11 is 1.76. The van der Waals surface area contributed by atoms with Crippen LogP contribution in [-0.4, -0.2) is 17.9 Å². The Kier molecular flexibility index (Phi) is 3.94. The maximum atomic E-state index is 11.4. The Morgan fingerprint density at radius 1 is 1.39 bits per heavy atom. The van der Waals surface area contributed by atoms with Gasteiger partial charge in [0, 0.05) is 35.2 Å². The summed E-state index contributed by atoms with van der Waals surface area (Å²) in [6.07, 6.45) is 1.63. The van der Waals surface area contributed by atoms with Crippen LogP contribution in [0.4, 0.5) is 5.69 Å². The van der Waals surface area contributed by atoms with Gasteiger partial charge in [-0.25, -0.2) is 0 Å². The molecular weight excluding hydrogens is 246 g/mol. The van der Waals surface area contributed by atoms with Gasteiger partial charge in [-0.3, -0.25) is 9.78 Å². The number of carbonyl (C=O) groups excluding carboxylic acids is 1. The van der Waals surface area contributed by atoms with E-state index in [9.17, 15) is 4.79 Å². The molecule has 0 saturated heterocycles. The summed E-state index contributed by atoms with van der Waals surface area (Å²) in [6, 6.07) is 7.81. The van der Waals surface area contributed by atoms with E-state index in [0.717, 1.165) is 12.2 Å². The molecule has 18 heavy (non-hydrogen) atoms. The van der Waals surface area contributed by atoms with Crippen LogP contribution in [0.1, 0.15) is 20.2 Å². The average Bonchev–Trinajstić information content (AvgIpc) is 2.81. The van der Waals surface area contributed by atoms with Gasteiger partial charge in [-0.2, -0.15) is 0 Å². The first-order valence-electron chi connectivity index (χ1n) is 5.66. The lowest BCUT2D eigenvalue weighted by Gasteiger charge is -2.06. The molecule has 2 aromatic heterocycles. The summed E-state index contributed by atoms with van der Waals surface area (Å²) in [4.78, 5) is 18.0. The molecule has 94 valence electrons. The van der Waals surface area contributed by atoms with Crippen molar-refractivity contribution < 1.29 is 4.79 Å². The minimum Gasteiger partial charge on any atom is -0.380 e. The van der Waals surface area contributed by atoms with Gasteiger partial charge in [-0.1, -0.05) is 0 Å². The van der Waals surface area contributed by atoms with Crippen molar-refractivity contribution >= 4 is 22.9 Å². The number of anilines is 1. The molecule has 5 heteroatoms. The quantitative estimate of drug-likeness (QED) is 0.888. The average molecular weight is 261 g/mol. The molecule has 0 aliphatic carbocycles. The number of thiophene rings is 1. The van der Waals surface area contributed by atoms with Gasteiger partial charge in [0.2, 0.25) is 0 Å². The van der Waals surface area contributed by atoms with Crippen LogP contribution in [0.2, 0.25) is 0 Å². The summed E-state index contributed by atoms with van der Waals surface area (Å²) in [7, 11) is 1.60. The van der Waals surface area contributed by atoms with Gasteiger partial charge in [0.15, 0.2) is 0 Å². The Morgan fingerprint density at radius 2 is 2.22 bits per heavy atom. The molecule has 2 heterocycles. The molecule has 0 saturated carbocycles. The summed E-state index contributed by atoms with van der Waals surface area (Å²) < 4.78 is 0. The largest absolute Gasteiger partial charge is 0.380 e. The van der Waals surface area contributed by atoms with Crippen LogP contribution in [0.25, 0.3) is 0 Å². The molecule has 4 nitrogen and oxygen atoms in total. The van der Waals surface area contributed by atoms with E-state index in [-0.39, 0.29) is 5.91 Å². The number of aryl methyl sites for hydroxylation is 1. The zero-order chi connectivity index (χ0) is 13.0. The van der Waals surface area contributed by atoms with E-state index in [1.165, 1.54) is 9.75 Å². The summed E-state index contributed by atoms with van der Waals surface area (Å²) in [6.45, 7) is 2.85. The van der Waals surface area contributed by atoms with Crippen LogP contribution in [-0.2, 0) is 6.54 Å². The molecule has 1 amide bonds. The molecule has 0 atom stereocenters. The second kappa shape index (κ2) is 5.64. The molecule has 2 aromatic rings. The maximum absolute atomic E-state index is 11.4. The molecule has 0 fully saturated rings. The van der Waals surface area contributed by atoms with Crippen LogP contribution in [0.3, 0.4) is 0 Å². The van der Waals surface area contributed by atoms with E-state index < -0.39 is 0 Å². The van der Waals surface area contributed by atoms with E-state index in [2.05, 4.69) is 34.7 Å². The van der Waals surface area contributed by atoms with Crippen molar-refractivity contribution in [2.75, 3.05) is 12.4 Å². The molecule has 2 rings (SSSR count). The maximum Gasteiger partial charge on any atom is 0.269 e. The lowest BCUT2D eigenvalue weighted by molar-refractivity contribution is 0.0958. The molecular formula is C13H15N3OS. The number of hydrogen-bond donors (Lipinski definition) is 2. The monoisotopic (exact) mass is 261 g/mol. The molecule has 0 unspecified atom stereocenters. The van der Waals surface area contributed by atoms with E-state index in [4.69, 9.17) is 0 Å². The van der Waals surface area contributed by atoms with Crippen molar-refractivity contribution in [1.82, 2.24) is 10.3 Å². The molecule has 0 spiro atoms. The predicted octanol–water partition coefficient (Wildman–Crippen LogP) is 2.42. The Labute approximate surface area is 110 Å². The first-order valence-corrected chi connectivity index (χ1v) is 6.48. The first kappa shape index (κ1) is 12.6. The number of nitrogens with one attached hydrogen (secondary N) is 2. The first-order chi connectivity index (χ1) is 8.69. The fourth-order valence-corrected chi connectivity index (χ4v) is 2.39. The number of nitrogens with zero attached hydrogens (tertiary/aromatic N) is 1. The number of carbonyl (C=O) groups is 1. The fourth-order valence-electron chi connectivity index (χ4n) is 1.56. The van der Waals surface area contributed by atoms with Crippen LogP contribution >= 0.6 is 11.3 Å². The van der Waals surface area contributed by atoms with Crippen molar-refractivity contribution in [1.29, 1.82) is 0 Å². The topological polar surface area (TPSA) is 54.0 Å². The number of hydrogen-bond acceptors (Lipinski definition) is 4. The van der Waals surface area contributed by atoms with Gasteiger partial charge in [-0.05, 0) is 31.2 Å². The number of rotatable bonds is 4. The van der Waals surface area contributed by atoms with Gasteiger partial charge in [0.05, 0.1) is 0 Å². The van der Waals surface area contributed by atoms with E-state index in [1.54, 1.807) is 30.6 Å². The van der Waals surface area contributed by atoms with Crippen molar-refractivity contribution in [3.63, 3.8) is 0 Å². The zero-order valence-electron chi connectivity index (χ0n) is 10.4. The number of amides is 1. The Morgan fingerprint density at radius 3 is 2.89 bits per heavy atom. The van der Waals surface area contributed by atoms with Crippen molar-refractivity contribution in [2.24, 2.45) is 0 Å². The second-order valence-corrected chi connectivity index (χ2v) is 5.25. The van der Waals surface area contributed by atoms with Gasteiger partial charge in [-0.15, -0.1) is 11.3 Å². The van der Waals surface area contributed by atoms with Gasteiger partial charge in [0.25, 0.3) is 5.91 Å². The third-order valence-electron chi connectivity index (χ3n) is 2.48. The van der Waals surface area contributed by atoms with Gasteiger partial charge in [0.1, 0.15) is 5.69 Å². The lowest BCUT2D eigenvalue weighted by Crippen LogP contribution is -2.19. The Balaban J connectivity index is 2.03. The van der Waals surface area contributed by atoms with E-state index in [0.29, 0.717) is 5.69 Å². The van der Waals surface area contributed by atoms with Crippen LogP contribution in [0.5, 0.6) is 0 Å². The Bertz CT molecular complexity index is 551. The molecule has 2 N–H and O–H groups in total.